The summed E-state index contributed by atoms with van der Waals surface area (Å²) in [5.41, 5.74) is 0.952. The maximum absolute atomic E-state index is 5.70. The van der Waals surface area contributed by atoms with Crippen LogP contribution in [-0.4, -0.2) is 27.8 Å². The Morgan fingerprint density at radius 3 is 2.79 bits per heavy atom. The van der Waals surface area contributed by atoms with E-state index in [0.29, 0.717) is 16.8 Å². The normalized spacial score (nSPS) is 10.3. The molecule has 6 heteroatoms. The third-order valence-corrected chi connectivity index (χ3v) is 2.88. The highest BCUT2D eigenvalue weighted by Gasteiger charge is 2.06. The minimum Gasteiger partial charge on any atom is -0.437 e. The van der Waals surface area contributed by atoms with Crippen LogP contribution in [0.15, 0.2) is 29.6 Å². The van der Waals surface area contributed by atoms with Crippen molar-refractivity contribution < 1.29 is 4.74 Å². The van der Waals surface area contributed by atoms with E-state index < -0.39 is 0 Å². The summed E-state index contributed by atoms with van der Waals surface area (Å²) in [5, 5.41) is 3.83. The Morgan fingerprint density at radius 1 is 1.32 bits per heavy atom. The van der Waals surface area contributed by atoms with Crippen molar-refractivity contribution in [1.82, 2.24) is 15.0 Å². The fourth-order valence-electron chi connectivity index (χ4n) is 1.45. The van der Waals surface area contributed by atoms with Crippen LogP contribution >= 0.6 is 11.8 Å². The Hall–Kier alpha value is -1.82. The topological polar surface area (TPSA) is 59.9 Å². The number of thioether (sulfide) groups is 1. The Bertz CT molecular complexity index is 545. The maximum Gasteiger partial charge on any atom is 0.225 e. The molecular formula is C13H16N4OS. The van der Waals surface area contributed by atoms with Gasteiger partial charge in [0, 0.05) is 18.3 Å². The van der Waals surface area contributed by atoms with Crippen LogP contribution in [0.25, 0.3) is 0 Å². The number of aromatic nitrogens is 3. The lowest BCUT2D eigenvalue weighted by atomic mass is 10.4. The van der Waals surface area contributed by atoms with Gasteiger partial charge in [0.1, 0.15) is 11.6 Å². The molecule has 0 radical (unpaired) electrons. The van der Waals surface area contributed by atoms with Gasteiger partial charge in [-0.2, -0.15) is 4.98 Å². The molecule has 0 atom stereocenters. The van der Waals surface area contributed by atoms with E-state index in [-0.39, 0.29) is 0 Å². The lowest BCUT2D eigenvalue weighted by molar-refractivity contribution is 0.453. The van der Waals surface area contributed by atoms with Gasteiger partial charge in [-0.1, -0.05) is 11.8 Å². The highest BCUT2D eigenvalue weighted by Crippen LogP contribution is 2.23. The predicted octanol–water partition coefficient (Wildman–Crippen LogP) is 3.13. The largest absolute Gasteiger partial charge is 0.437 e. The number of rotatable bonds is 5. The fourth-order valence-corrected chi connectivity index (χ4v) is 1.83. The summed E-state index contributed by atoms with van der Waals surface area (Å²) in [6.07, 6.45) is 3.62. The quantitative estimate of drug-likeness (QED) is 0.669. The van der Waals surface area contributed by atoms with Crippen LogP contribution in [0.5, 0.6) is 11.6 Å². The van der Waals surface area contributed by atoms with Crippen molar-refractivity contribution in [3.8, 4) is 11.6 Å². The van der Waals surface area contributed by atoms with Crippen LogP contribution < -0.4 is 10.1 Å². The smallest absolute Gasteiger partial charge is 0.225 e. The van der Waals surface area contributed by atoms with Crippen molar-refractivity contribution in [2.24, 2.45) is 0 Å². The first-order chi connectivity index (χ1) is 9.21. The molecule has 5 nitrogen and oxygen atoms in total. The maximum atomic E-state index is 5.70. The SMILES string of the molecule is CCNc1cc(Oc2ccc(C)nc2)nc(SC)n1. The average Bonchev–Trinajstić information content (AvgIpc) is 2.41. The van der Waals surface area contributed by atoms with Gasteiger partial charge in [0.25, 0.3) is 0 Å². The highest BCUT2D eigenvalue weighted by atomic mass is 32.2. The molecule has 2 rings (SSSR count). The number of hydrogen-bond acceptors (Lipinski definition) is 6. The van der Waals surface area contributed by atoms with E-state index in [2.05, 4.69) is 20.3 Å². The Balaban J connectivity index is 2.23. The number of anilines is 1. The van der Waals surface area contributed by atoms with Crippen LogP contribution in [0.4, 0.5) is 5.82 Å². The van der Waals surface area contributed by atoms with Crippen molar-refractivity contribution >= 4 is 17.6 Å². The molecule has 0 saturated carbocycles. The first-order valence-electron chi connectivity index (χ1n) is 5.98. The molecular weight excluding hydrogens is 260 g/mol. The van der Waals surface area contributed by atoms with Crippen LogP contribution in [0.2, 0.25) is 0 Å². The molecule has 0 aliphatic heterocycles. The molecule has 0 bridgehead atoms. The number of nitrogens with zero attached hydrogens (tertiary/aromatic N) is 3. The second kappa shape index (κ2) is 6.38. The second-order valence-electron chi connectivity index (χ2n) is 3.85. The van der Waals surface area contributed by atoms with Crippen molar-refractivity contribution in [1.29, 1.82) is 0 Å². The van der Waals surface area contributed by atoms with Crippen molar-refractivity contribution in [2.45, 2.75) is 19.0 Å². The van der Waals surface area contributed by atoms with Crippen LogP contribution in [0.3, 0.4) is 0 Å². The van der Waals surface area contributed by atoms with E-state index in [1.54, 1.807) is 12.3 Å². The van der Waals surface area contributed by atoms with E-state index >= 15 is 0 Å². The van der Waals surface area contributed by atoms with E-state index in [1.807, 2.05) is 32.2 Å². The molecule has 0 fully saturated rings. The Labute approximate surface area is 116 Å². The van der Waals surface area contributed by atoms with Gasteiger partial charge in [-0.15, -0.1) is 0 Å². The molecule has 0 amide bonds. The minimum atomic E-state index is 0.515. The molecule has 0 aliphatic carbocycles. The van der Waals surface area contributed by atoms with Gasteiger partial charge >= 0.3 is 0 Å². The van der Waals surface area contributed by atoms with Gasteiger partial charge in [-0.25, -0.2) is 4.98 Å². The van der Waals surface area contributed by atoms with Gasteiger partial charge in [0.05, 0.1) is 6.20 Å². The fraction of sp³-hybridized carbons (Fsp3) is 0.308. The standard InChI is InChI=1S/C13H16N4OS/c1-4-14-11-7-12(17-13(16-11)19-3)18-10-6-5-9(2)15-8-10/h5-8H,4H2,1-3H3,(H,14,16,17). The van der Waals surface area contributed by atoms with E-state index in [0.717, 1.165) is 18.1 Å². The predicted molar refractivity (Wildman–Crippen MR) is 77.0 cm³/mol. The monoisotopic (exact) mass is 276 g/mol. The first-order valence-corrected chi connectivity index (χ1v) is 7.21. The van der Waals surface area contributed by atoms with Crippen LogP contribution in [0.1, 0.15) is 12.6 Å². The van der Waals surface area contributed by atoms with Gasteiger partial charge in [0.15, 0.2) is 5.16 Å². The molecule has 1 N–H and O–H groups in total. The van der Waals surface area contributed by atoms with Crippen LogP contribution in [-0.2, 0) is 0 Å². The summed E-state index contributed by atoms with van der Waals surface area (Å²) < 4.78 is 5.70. The van der Waals surface area contributed by atoms with Gasteiger partial charge in [0.2, 0.25) is 5.88 Å². The lowest BCUT2D eigenvalue weighted by Gasteiger charge is -2.08. The average molecular weight is 276 g/mol. The van der Waals surface area contributed by atoms with E-state index in [1.165, 1.54) is 11.8 Å². The summed E-state index contributed by atoms with van der Waals surface area (Å²) in [7, 11) is 0. The van der Waals surface area contributed by atoms with Crippen LogP contribution in [0, 0.1) is 6.92 Å². The summed E-state index contributed by atoms with van der Waals surface area (Å²) in [4.78, 5) is 12.8. The molecule has 100 valence electrons. The number of aryl methyl sites for hydroxylation is 1. The molecule has 0 aromatic carbocycles. The van der Waals surface area contributed by atoms with Gasteiger partial charge in [-0.3, -0.25) is 4.98 Å². The number of ether oxygens (including phenoxy) is 1. The highest BCUT2D eigenvalue weighted by molar-refractivity contribution is 7.98. The van der Waals surface area contributed by atoms with E-state index in [4.69, 9.17) is 4.74 Å². The zero-order valence-corrected chi connectivity index (χ0v) is 12.0. The molecule has 2 heterocycles. The first kappa shape index (κ1) is 13.6. The Morgan fingerprint density at radius 2 is 2.16 bits per heavy atom. The lowest BCUT2D eigenvalue weighted by Crippen LogP contribution is -2.02. The summed E-state index contributed by atoms with van der Waals surface area (Å²) >= 11 is 1.48. The molecule has 0 aliphatic rings. The van der Waals surface area contributed by atoms with E-state index in [9.17, 15) is 0 Å². The third-order valence-electron chi connectivity index (χ3n) is 2.33. The zero-order chi connectivity index (χ0) is 13.7. The zero-order valence-electron chi connectivity index (χ0n) is 11.2. The summed E-state index contributed by atoms with van der Waals surface area (Å²) in [6.45, 7) is 4.76. The second-order valence-corrected chi connectivity index (χ2v) is 4.62. The van der Waals surface area contributed by atoms with Gasteiger partial charge < -0.3 is 10.1 Å². The van der Waals surface area contributed by atoms with Crippen molar-refractivity contribution in [2.75, 3.05) is 18.1 Å². The summed E-state index contributed by atoms with van der Waals surface area (Å²) in [5.74, 6) is 1.94. The molecule has 0 saturated heterocycles. The van der Waals surface area contributed by atoms with Gasteiger partial charge in [-0.05, 0) is 32.2 Å². The molecule has 0 spiro atoms. The molecule has 0 unspecified atom stereocenters. The number of pyridine rings is 1. The minimum absolute atomic E-state index is 0.515. The van der Waals surface area contributed by atoms with Crippen molar-refractivity contribution in [3.63, 3.8) is 0 Å². The summed E-state index contributed by atoms with van der Waals surface area (Å²) in [6, 6.07) is 5.55. The number of nitrogens with one attached hydrogen (secondary N) is 1. The molecule has 2 aromatic rings. The number of hydrogen-bond donors (Lipinski definition) is 1. The third kappa shape index (κ3) is 3.82. The molecule has 19 heavy (non-hydrogen) atoms. The Kier molecular flexibility index (Phi) is 4.57. The molecule has 2 aromatic heterocycles. The van der Waals surface area contributed by atoms with Crippen molar-refractivity contribution in [3.05, 3.63) is 30.1 Å².